The van der Waals surface area contributed by atoms with E-state index in [1.54, 1.807) is 30.3 Å². The van der Waals surface area contributed by atoms with Gasteiger partial charge in [0.1, 0.15) is 13.2 Å². The highest BCUT2D eigenvalue weighted by atomic mass is 32.1. The number of esters is 2. The molecule has 168 valence electrons. The summed E-state index contributed by atoms with van der Waals surface area (Å²) in [6, 6.07) is 11.3. The molecule has 9 heteroatoms. The van der Waals surface area contributed by atoms with Gasteiger partial charge in [0.25, 0.3) is 5.91 Å². The molecular weight excluding hydrogens is 430 g/mol. The van der Waals surface area contributed by atoms with Crippen LogP contribution in [0.1, 0.15) is 44.9 Å². The second-order valence-corrected chi connectivity index (χ2v) is 8.10. The number of carbonyl (C=O) groups excluding carboxylic acids is 3. The molecule has 0 radical (unpaired) electrons. The van der Waals surface area contributed by atoms with Crippen molar-refractivity contribution in [1.29, 1.82) is 0 Å². The quantitative estimate of drug-likeness (QED) is 0.480. The molecule has 3 aromatic rings. The maximum atomic E-state index is 12.5. The lowest BCUT2D eigenvalue weighted by Crippen LogP contribution is -3.11. The maximum Gasteiger partial charge on any atom is 0.338 e. The van der Waals surface area contributed by atoms with Gasteiger partial charge in [-0.1, -0.05) is 11.3 Å². The minimum absolute atomic E-state index is 0.348. The molecule has 0 aliphatic carbocycles. The number of methoxy groups -OCH3 is 1. The summed E-state index contributed by atoms with van der Waals surface area (Å²) in [5.41, 5.74) is 1.88. The Hall–Kier alpha value is -3.30. The van der Waals surface area contributed by atoms with Gasteiger partial charge in [0.05, 0.1) is 41.5 Å². The number of amides is 1. The summed E-state index contributed by atoms with van der Waals surface area (Å²) >= 11 is 1.27. The number of likely N-dealkylation sites (N-methyl/N-ethyl adjacent to an activating group) is 1. The number of hydrogen-bond acceptors (Lipinski definition) is 7. The van der Waals surface area contributed by atoms with Gasteiger partial charge in [-0.05, 0) is 56.3 Å². The van der Waals surface area contributed by atoms with Gasteiger partial charge < -0.3 is 14.4 Å². The van der Waals surface area contributed by atoms with Crippen molar-refractivity contribution in [3.8, 4) is 0 Å². The summed E-state index contributed by atoms with van der Waals surface area (Å²) in [6.45, 7) is 7.33. The molecule has 0 saturated carbocycles. The van der Waals surface area contributed by atoms with Crippen LogP contribution in [0.3, 0.4) is 0 Å². The van der Waals surface area contributed by atoms with Crippen molar-refractivity contribution in [1.82, 2.24) is 4.98 Å². The summed E-state index contributed by atoms with van der Waals surface area (Å²) in [5.74, 6) is -1.19. The van der Waals surface area contributed by atoms with E-state index in [2.05, 4.69) is 28.9 Å². The first kappa shape index (κ1) is 23.4. The topological polar surface area (TPSA) is 99.0 Å². The van der Waals surface area contributed by atoms with E-state index in [1.165, 1.54) is 35.5 Å². The van der Waals surface area contributed by atoms with Crippen LogP contribution in [0.2, 0.25) is 0 Å². The van der Waals surface area contributed by atoms with Gasteiger partial charge in [-0.15, -0.1) is 0 Å². The van der Waals surface area contributed by atoms with E-state index >= 15 is 0 Å². The molecule has 0 saturated heterocycles. The summed E-state index contributed by atoms with van der Waals surface area (Å²) < 4.78 is 10.8. The van der Waals surface area contributed by atoms with Crippen molar-refractivity contribution in [3.63, 3.8) is 0 Å². The third-order valence-corrected chi connectivity index (χ3v) is 6.04. The van der Waals surface area contributed by atoms with Crippen molar-refractivity contribution in [3.05, 3.63) is 59.2 Å². The van der Waals surface area contributed by atoms with Crippen molar-refractivity contribution in [2.75, 3.05) is 38.7 Å². The SMILES string of the molecule is CC[NH+](CC)CCOC(=O)c1ccc2nc(NC(=O)c3ccc(C(=O)OC)cc3)sc2c1. The summed E-state index contributed by atoms with van der Waals surface area (Å²) in [7, 11) is 1.30. The fourth-order valence-electron chi connectivity index (χ4n) is 3.12. The number of quaternary nitrogens is 1. The van der Waals surface area contributed by atoms with Gasteiger partial charge in [-0.2, -0.15) is 0 Å². The molecule has 32 heavy (non-hydrogen) atoms. The predicted molar refractivity (Wildman–Crippen MR) is 123 cm³/mol. The smallest absolute Gasteiger partial charge is 0.338 e. The van der Waals surface area contributed by atoms with Gasteiger partial charge in [0.15, 0.2) is 5.13 Å². The Bertz CT molecular complexity index is 1110. The molecule has 0 spiro atoms. The van der Waals surface area contributed by atoms with Gasteiger partial charge in [-0.25, -0.2) is 14.6 Å². The first-order valence-corrected chi connectivity index (χ1v) is 11.2. The number of hydrogen-bond donors (Lipinski definition) is 2. The van der Waals surface area contributed by atoms with E-state index in [0.717, 1.165) is 24.3 Å². The van der Waals surface area contributed by atoms with Crippen LogP contribution in [0.5, 0.6) is 0 Å². The largest absolute Gasteiger partial charge is 0.465 e. The van der Waals surface area contributed by atoms with E-state index < -0.39 is 5.97 Å². The molecular formula is C23H26N3O5S+. The third-order valence-electron chi connectivity index (χ3n) is 5.10. The van der Waals surface area contributed by atoms with E-state index in [-0.39, 0.29) is 11.9 Å². The molecule has 8 nitrogen and oxygen atoms in total. The molecule has 0 aliphatic heterocycles. The van der Waals surface area contributed by atoms with Crippen molar-refractivity contribution in [2.24, 2.45) is 0 Å². The summed E-state index contributed by atoms with van der Waals surface area (Å²) in [4.78, 5) is 42.2. The van der Waals surface area contributed by atoms with Gasteiger partial charge in [0, 0.05) is 5.56 Å². The van der Waals surface area contributed by atoms with E-state index in [4.69, 9.17) is 4.74 Å². The van der Waals surface area contributed by atoms with Crippen LogP contribution >= 0.6 is 11.3 Å². The number of benzene rings is 2. The van der Waals surface area contributed by atoms with Crippen LogP contribution in [-0.2, 0) is 9.47 Å². The lowest BCUT2D eigenvalue weighted by atomic mass is 10.1. The zero-order chi connectivity index (χ0) is 23.1. The molecule has 1 amide bonds. The Labute approximate surface area is 190 Å². The third kappa shape index (κ3) is 5.68. The number of rotatable bonds is 9. The highest BCUT2D eigenvalue weighted by molar-refractivity contribution is 7.22. The highest BCUT2D eigenvalue weighted by Crippen LogP contribution is 2.27. The average molecular weight is 457 g/mol. The Morgan fingerprint density at radius 1 is 0.969 bits per heavy atom. The number of aromatic nitrogens is 1. The van der Waals surface area contributed by atoms with Crippen LogP contribution in [0.25, 0.3) is 10.2 Å². The number of fused-ring (bicyclic) bond motifs is 1. The first-order chi connectivity index (χ1) is 15.4. The van der Waals surface area contributed by atoms with Crippen LogP contribution in [-0.4, -0.2) is 56.2 Å². The van der Waals surface area contributed by atoms with E-state index in [9.17, 15) is 14.4 Å². The molecule has 0 unspecified atom stereocenters. The van der Waals surface area contributed by atoms with Crippen molar-refractivity contribution < 1.29 is 28.8 Å². The molecule has 0 bridgehead atoms. The Morgan fingerprint density at radius 2 is 1.62 bits per heavy atom. The van der Waals surface area contributed by atoms with Crippen molar-refractivity contribution in [2.45, 2.75) is 13.8 Å². The summed E-state index contributed by atoms with van der Waals surface area (Å²) in [6.07, 6.45) is 0. The van der Waals surface area contributed by atoms with Gasteiger partial charge >= 0.3 is 11.9 Å². The molecule has 0 aliphatic rings. The molecule has 1 heterocycles. The average Bonchev–Trinajstić information content (AvgIpc) is 3.22. The molecule has 3 rings (SSSR count). The molecule has 2 N–H and O–H groups in total. The Balaban J connectivity index is 1.64. The zero-order valence-corrected chi connectivity index (χ0v) is 19.1. The number of carbonyl (C=O) groups is 3. The minimum atomic E-state index is -0.466. The maximum absolute atomic E-state index is 12.5. The van der Waals surface area contributed by atoms with Gasteiger partial charge in [-0.3, -0.25) is 10.1 Å². The van der Waals surface area contributed by atoms with Crippen LogP contribution in [0.4, 0.5) is 5.13 Å². The molecule has 2 aromatic carbocycles. The standard InChI is InChI=1S/C23H25N3O5S/c1-4-26(5-2)12-13-31-22(29)17-10-11-18-19(14-17)32-23(24-18)25-20(27)15-6-8-16(9-7-15)21(28)30-3/h6-11,14H,4-5,12-13H2,1-3H3,(H,24,25,27)/p+1. The second kappa shape index (κ2) is 10.8. The molecule has 1 aromatic heterocycles. The number of nitrogens with one attached hydrogen (secondary N) is 2. The number of nitrogens with zero attached hydrogens (tertiary/aromatic N) is 1. The fraction of sp³-hybridized carbons (Fsp3) is 0.304. The first-order valence-electron chi connectivity index (χ1n) is 10.4. The minimum Gasteiger partial charge on any atom is -0.465 e. The summed E-state index contributed by atoms with van der Waals surface area (Å²) in [5, 5.41) is 3.17. The van der Waals surface area contributed by atoms with E-state index in [1.807, 2.05) is 0 Å². The monoisotopic (exact) mass is 456 g/mol. The lowest BCUT2D eigenvalue weighted by Gasteiger charge is -2.14. The van der Waals surface area contributed by atoms with Crippen LogP contribution < -0.4 is 10.2 Å². The fourth-order valence-corrected chi connectivity index (χ4v) is 4.03. The van der Waals surface area contributed by atoms with Gasteiger partial charge in [0.2, 0.25) is 0 Å². The van der Waals surface area contributed by atoms with E-state index in [0.29, 0.717) is 33.9 Å². The number of ether oxygens (including phenoxy) is 2. The molecule has 0 atom stereocenters. The normalized spacial score (nSPS) is 10.9. The lowest BCUT2D eigenvalue weighted by molar-refractivity contribution is -0.896. The highest BCUT2D eigenvalue weighted by Gasteiger charge is 2.14. The predicted octanol–water partition coefficient (Wildman–Crippen LogP) is 2.42. The zero-order valence-electron chi connectivity index (χ0n) is 18.3. The second-order valence-electron chi connectivity index (χ2n) is 7.07. The van der Waals surface area contributed by atoms with Crippen molar-refractivity contribution >= 4 is 44.5 Å². The number of anilines is 1. The Morgan fingerprint density at radius 3 is 2.28 bits per heavy atom. The Kier molecular flexibility index (Phi) is 7.91. The van der Waals surface area contributed by atoms with Crippen LogP contribution in [0.15, 0.2) is 42.5 Å². The van der Waals surface area contributed by atoms with Crippen LogP contribution in [0, 0.1) is 0 Å². The number of thiazole rings is 1. The molecule has 0 fully saturated rings.